The molecule has 3 N–H and O–H groups in total. The number of aliphatic hydroxyl groups is 3. The van der Waals surface area contributed by atoms with Crippen LogP contribution in [0, 0.1) is 40.8 Å². The van der Waals surface area contributed by atoms with Crippen molar-refractivity contribution in [3.8, 4) is 0 Å². The maximum atomic E-state index is 11.3. The Kier molecular flexibility index (Phi) is 18.0. The van der Waals surface area contributed by atoms with Gasteiger partial charge >= 0.3 is 18.5 Å². The fourth-order valence-electron chi connectivity index (χ4n) is 0.823. The Balaban J connectivity index is -0.000000174. The van der Waals surface area contributed by atoms with E-state index in [0.29, 0.717) is 0 Å². The van der Waals surface area contributed by atoms with E-state index in [4.69, 9.17) is 15.3 Å². The van der Waals surface area contributed by atoms with E-state index >= 15 is 0 Å². The van der Waals surface area contributed by atoms with Crippen molar-refractivity contribution < 1.29 is 110 Å². The molecule has 16 heteroatoms. The van der Waals surface area contributed by atoms with Crippen LogP contribution in [-0.4, -0.2) is 51.2 Å². The first-order valence-electron chi connectivity index (χ1n) is 6.97. The molecule has 0 amide bonds. The number of hydrogen-bond donors (Lipinski definition) is 3. The number of rotatable bonds is 3. The van der Waals surface area contributed by atoms with Crippen LogP contribution in [0.2, 0.25) is 0 Å². The first-order valence-corrected chi connectivity index (χ1v) is 6.97. The van der Waals surface area contributed by atoms with E-state index in [1.807, 2.05) is 0 Å². The van der Waals surface area contributed by atoms with Crippen LogP contribution in [0.4, 0.5) is 39.5 Å². The van der Waals surface area contributed by atoms with Crippen molar-refractivity contribution >= 4 is 17.3 Å². The monoisotopic (exact) mass is 604 g/mol. The molecule has 0 unspecified atom stereocenters. The Morgan fingerprint density at radius 2 is 0.645 bits per heavy atom. The second kappa shape index (κ2) is 15.2. The number of ketones is 3. The van der Waals surface area contributed by atoms with Gasteiger partial charge in [0, 0.05) is 59.1 Å². The predicted molar refractivity (Wildman–Crippen MR) is 82.3 cm³/mol. The van der Waals surface area contributed by atoms with Gasteiger partial charge in [-0.1, -0.05) is 0 Å². The maximum Gasteiger partial charge on any atom is 0.448 e. The Bertz CT molecular complexity index is 606. The molecule has 0 atom stereocenters. The van der Waals surface area contributed by atoms with Crippen LogP contribution in [0.1, 0.15) is 20.8 Å². The van der Waals surface area contributed by atoms with E-state index in [9.17, 15) is 53.9 Å². The first kappa shape index (κ1) is 36.7. The van der Waals surface area contributed by atoms with Crippen molar-refractivity contribution in [2.75, 3.05) is 0 Å². The van der Waals surface area contributed by atoms with Crippen LogP contribution in [-0.2, 0) is 14.4 Å². The molecule has 0 rings (SSSR count). The van der Waals surface area contributed by atoms with Crippen LogP contribution in [0.25, 0.3) is 0 Å². The van der Waals surface area contributed by atoms with Crippen LogP contribution in [0.15, 0.2) is 35.5 Å². The topological polar surface area (TPSA) is 112 Å². The summed E-state index contributed by atoms with van der Waals surface area (Å²) in [5.74, 6) is -8.10. The molecule has 0 spiro atoms. The SMILES string of the molecule is CC(=O)C=C(O)C(F)(F)F.CC(=O)C=C(O)C(F)(F)F.CC(=O)C=C(O)C(F)(F)F.[Nd]. The molecule has 0 saturated heterocycles. The standard InChI is InChI=1S/3C5H5F3O2.Nd/c3*1-3(9)2-4(10)5(6,7)8;/h3*2,10H,1H3;. The van der Waals surface area contributed by atoms with Gasteiger partial charge in [0.25, 0.3) is 0 Å². The maximum absolute atomic E-state index is 11.3. The molecule has 0 heterocycles. The number of carbonyl (C=O) groups is 3. The van der Waals surface area contributed by atoms with Gasteiger partial charge in [-0.3, -0.25) is 14.4 Å². The van der Waals surface area contributed by atoms with E-state index in [1.54, 1.807) is 0 Å². The van der Waals surface area contributed by atoms with E-state index < -0.39 is 53.2 Å². The van der Waals surface area contributed by atoms with E-state index in [0.717, 1.165) is 20.8 Å². The second-order valence-electron chi connectivity index (χ2n) is 4.91. The van der Waals surface area contributed by atoms with Crippen molar-refractivity contribution in [3.05, 3.63) is 35.5 Å². The largest absolute Gasteiger partial charge is 0.504 e. The van der Waals surface area contributed by atoms with E-state index in [-0.39, 0.29) is 59.1 Å². The summed E-state index contributed by atoms with van der Waals surface area (Å²) >= 11 is 0. The normalized spacial score (nSPS) is 13.0. The van der Waals surface area contributed by atoms with E-state index in [2.05, 4.69) is 0 Å². The van der Waals surface area contributed by atoms with E-state index in [1.165, 1.54) is 0 Å². The molecule has 0 aliphatic heterocycles. The minimum atomic E-state index is -4.81. The minimum absolute atomic E-state index is 0. The van der Waals surface area contributed by atoms with Gasteiger partial charge in [0.1, 0.15) is 0 Å². The smallest absolute Gasteiger partial charge is 0.448 e. The number of allylic oxidation sites excluding steroid dienone is 6. The third-order valence-corrected chi connectivity index (χ3v) is 1.89. The minimum Gasteiger partial charge on any atom is -0.504 e. The number of halogens is 9. The molecule has 0 radical (unpaired) electrons. The molecule has 6 nitrogen and oxygen atoms in total. The first-order chi connectivity index (χ1) is 13.0. The second-order valence-corrected chi connectivity index (χ2v) is 4.91. The third kappa shape index (κ3) is 24.5. The number of aliphatic hydroxyl groups excluding tert-OH is 3. The zero-order valence-corrected chi connectivity index (χ0v) is 18.9. The molecule has 0 saturated carbocycles. The molecular weight excluding hydrogens is 591 g/mol. The Morgan fingerprint density at radius 1 is 0.516 bits per heavy atom. The summed E-state index contributed by atoms with van der Waals surface area (Å²) in [4.78, 5) is 29.9. The Hall–Kier alpha value is -1.65. The fraction of sp³-hybridized carbons (Fsp3) is 0.400. The van der Waals surface area contributed by atoms with Crippen LogP contribution >= 0.6 is 0 Å². The predicted octanol–water partition coefficient (Wildman–Crippen LogP) is 4.74. The number of carbonyl (C=O) groups excluding carboxylic acids is 3. The zero-order chi connectivity index (χ0) is 25.1. The summed E-state index contributed by atoms with van der Waals surface area (Å²) < 4.78 is 102. The molecule has 31 heavy (non-hydrogen) atoms. The average Bonchev–Trinajstić information content (AvgIpc) is 2.43. The van der Waals surface area contributed by atoms with Gasteiger partial charge in [-0.15, -0.1) is 0 Å². The van der Waals surface area contributed by atoms with Crippen LogP contribution in [0.3, 0.4) is 0 Å². The fourth-order valence-corrected chi connectivity index (χ4v) is 0.823. The summed E-state index contributed by atoms with van der Waals surface area (Å²) in [6.45, 7) is 2.76. The average molecular weight is 607 g/mol. The summed E-state index contributed by atoms with van der Waals surface area (Å²) in [5, 5.41) is 24.2. The Morgan fingerprint density at radius 3 is 0.677 bits per heavy atom. The van der Waals surface area contributed by atoms with Crippen LogP contribution < -0.4 is 0 Å². The van der Waals surface area contributed by atoms with Gasteiger partial charge < -0.3 is 15.3 Å². The summed E-state index contributed by atoms with van der Waals surface area (Å²) in [7, 11) is 0. The number of alkyl halides is 9. The molecule has 0 aromatic rings. The molecule has 0 aliphatic carbocycles. The molecule has 0 aromatic carbocycles. The van der Waals surface area contributed by atoms with Gasteiger partial charge in [0.2, 0.25) is 17.3 Å². The van der Waals surface area contributed by atoms with Crippen LogP contribution in [0.5, 0.6) is 0 Å². The Labute approximate surface area is 201 Å². The van der Waals surface area contributed by atoms with Gasteiger partial charge in [-0.05, 0) is 20.8 Å². The molecule has 0 fully saturated rings. The van der Waals surface area contributed by atoms with Gasteiger partial charge in [-0.25, -0.2) is 0 Å². The number of hydrogen-bond acceptors (Lipinski definition) is 6. The summed E-state index contributed by atoms with van der Waals surface area (Å²) in [5.41, 5.74) is 0. The molecule has 178 valence electrons. The van der Waals surface area contributed by atoms with Crippen molar-refractivity contribution in [1.29, 1.82) is 0 Å². The third-order valence-electron chi connectivity index (χ3n) is 1.89. The van der Waals surface area contributed by atoms with Crippen molar-refractivity contribution in [1.82, 2.24) is 0 Å². The van der Waals surface area contributed by atoms with Gasteiger partial charge in [0.05, 0.1) is 0 Å². The quantitative estimate of drug-likeness (QED) is 0.243. The summed E-state index contributed by atoms with van der Waals surface area (Å²) in [6, 6.07) is 0. The van der Waals surface area contributed by atoms with Gasteiger partial charge in [-0.2, -0.15) is 39.5 Å². The van der Waals surface area contributed by atoms with Crippen molar-refractivity contribution in [3.63, 3.8) is 0 Å². The molecular formula is C15H15F9NdO6. The molecule has 0 bridgehead atoms. The van der Waals surface area contributed by atoms with Gasteiger partial charge in [0.15, 0.2) is 17.3 Å². The molecule has 0 aliphatic rings. The molecule has 0 aromatic heterocycles. The van der Waals surface area contributed by atoms with Crippen molar-refractivity contribution in [2.45, 2.75) is 39.3 Å². The van der Waals surface area contributed by atoms with Crippen molar-refractivity contribution in [2.24, 2.45) is 0 Å². The zero-order valence-electron chi connectivity index (χ0n) is 15.7. The summed E-state index contributed by atoms with van der Waals surface area (Å²) in [6.07, 6.45) is -14.1.